The van der Waals surface area contributed by atoms with E-state index in [1.807, 2.05) is 38.0 Å². The highest BCUT2D eigenvalue weighted by Crippen LogP contribution is 2.39. The van der Waals surface area contributed by atoms with Crippen molar-refractivity contribution in [2.24, 2.45) is 4.99 Å². The summed E-state index contributed by atoms with van der Waals surface area (Å²) in [5.41, 5.74) is -0.801. The monoisotopic (exact) mass is 379 g/mol. The highest BCUT2D eigenvalue weighted by Gasteiger charge is 2.53. The number of aliphatic hydroxyl groups excluding tert-OH is 2. The van der Waals surface area contributed by atoms with Crippen molar-refractivity contribution in [2.75, 3.05) is 34.8 Å². The van der Waals surface area contributed by atoms with Gasteiger partial charge in [0.2, 0.25) is 5.96 Å². The number of imidazole rings is 1. The average Bonchev–Trinajstić information content (AvgIpc) is 3.12. The maximum absolute atomic E-state index is 10.7. The lowest BCUT2D eigenvalue weighted by atomic mass is 9.96. The van der Waals surface area contributed by atoms with Gasteiger partial charge in [0.15, 0.2) is 23.2 Å². The van der Waals surface area contributed by atoms with Gasteiger partial charge in [-0.25, -0.2) is 15.0 Å². The Hall–Kier alpha value is -2.34. The molecular weight excluding hydrogens is 354 g/mol. The van der Waals surface area contributed by atoms with Gasteiger partial charge >= 0.3 is 0 Å². The molecule has 1 fully saturated rings. The molecule has 0 aliphatic carbocycles. The van der Waals surface area contributed by atoms with Gasteiger partial charge in [0.1, 0.15) is 24.1 Å². The lowest BCUT2D eigenvalue weighted by Crippen LogP contribution is -2.44. The fraction of sp³-hybridized carbons (Fsp3) is 0.625. The van der Waals surface area contributed by atoms with E-state index < -0.39 is 30.6 Å². The summed E-state index contributed by atoms with van der Waals surface area (Å²) >= 11 is 0. The van der Waals surface area contributed by atoms with Crippen LogP contribution in [-0.4, -0.2) is 103 Å². The summed E-state index contributed by atoms with van der Waals surface area (Å²) in [5, 5.41) is 30.3. The van der Waals surface area contributed by atoms with Gasteiger partial charge in [0.05, 0.1) is 12.9 Å². The molecular formula is C16H25N7O4. The summed E-state index contributed by atoms with van der Waals surface area (Å²) in [4.78, 5) is 21.0. The Morgan fingerprint density at radius 1 is 1.26 bits per heavy atom. The highest BCUT2D eigenvalue weighted by molar-refractivity contribution is 5.88. The van der Waals surface area contributed by atoms with E-state index in [2.05, 4.69) is 19.9 Å². The van der Waals surface area contributed by atoms with Gasteiger partial charge in [-0.15, -0.1) is 0 Å². The maximum Gasteiger partial charge on any atom is 0.202 e. The molecule has 0 amide bonds. The van der Waals surface area contributed by atoms with Gasteiger partial charge in [0.25, 0.3) is 0 Å². The second kappa shape index (κ2) is 7.00. The SMILES string of the molecule is CN(C)C(=Nc1ncnc2c1ncn2C1OC(CO)[C@@H](O)C1(C)O)N(C)C. The van der Waals surface area contributed by atoms with Crippen LogP contribution in [-0.2, 0) is 4.74 Å². The van der Waals surface area contributed by atoms with Gasteiger partial charge in [-0.05, 0) is 6.92 Å². The Morgan fingerprint density at radius 3 is 2.48 bits per heavy atom. The van der Waals surface area contributed by atoms with Crippen LogP contribution in [0.2, 0.25) is 0 Å². The maximum atomic E-state index is 10.7. The predicted molar refractivity (Wildman–Crippen MR) is 97.4 cm³/mol. The zero-order valence-corrected chi connectivity index (χ0v) is 16.0. The van der Waals surface area contributed by atoms with Gasteiger partial charge < -0.3 is 29.9 Å². The molecule has 3 rings (SSSR count). The van der Waals surface area contributed by atoms with Gasteiger partial charge in [-0.2, -0.15) is 4.99 Å². The summed E-state index contributed by atoms with van der Waals surface area (Å²) < 4.78 is 7.16. The fourth-order valence-corrected chi connectivity index (χ4v) is 3.18. The Bertz CT molecular complexity index is 838. The van der Waals surface area contributed by atoms with E-state index in [-0.39, 0.29) is 0 Å². The average molecular weight is 379 g/mol. The lowest BCUT2D eigenvalue weighted by molar-refractivity contribution is -0.0950. The Labute approximate surface area is 156 Å². The molecule has 0 spiro atoms. The molecule has 0 saturated carbocycles. The summed E-state index contributed by atoms with van der Waals surface area (Å²) in [6.45, 7) is 1.03. The van der Waals surface area contributed by atoms with Crippen molar-refractivity contribution in [2.45, 2.75) is 31.0 Å². The fourth-order valence-electron chi connectivity index (χ4n) is 3.18. The van der Waals surface area contributed by atoms with Crippen molar-refractivity contribution in [1.82, 2.24) is 29.3 Å². The van der Waals surface area contributed by atoms with Crippen molar-refractivity contribution in [3.8, 4) is 0 Å². The molecule has 1 aliphatic rings. The van der Waals surface area contributed by atoms with E-state index in [9.17, 15) is 15.3 Å². The Morgan fingerprint density at radius 2 is 1.93 bits per heavy atom. The van der Waals surface area contributed by atoms with Gasteiger partial charge in [0, 0.05) is 28.2 Å². The van der Waals surface area contributed by atoms with Crippen molar-refractivity contribution < 1.29 is 20.1 Å². The quantitative estimate of drug-likeness (QED) is 0.451. The second-order valence-corrected chi connectivity index (χ2v) is 7.10. The smallest absolute Gasteiger partial charge is 0.202 e. The van der Waals surface area contributed by atoms with Crippen LogP contribution >= 0.6 is 0 Å². The first-order chi connectivity index (χ1) is 12.7. The first kappa shape index (κ1) is 19.4. The highest BCUT2D eigenvalue weighted by atomic mass is 16.6. The third-order valence-corrected chi connectivity index (χ3v) is 4.53. The van der Waals surface area contributed by atoms with Crippen molar-refractivity contribution >= 4 is 22.9 Å². The topological polar surface area (TPSA) is 132 Å². The predicted octanol–water partition coefficient (Wildman–Crippen LogP) is -1.06. The third kappa shape index (κ3) is 3.23. The molecule has 3 heterocycles. The molecule has 4 atom stereocenters. The van der Waals surface area contributed by atoms with E-state index in [0.717, 1.165) is 0 Å². The van der Waals surface area contributed by atoms with Crippen molar-refractivity contribution in [1.29, 1.82) is 0 Å². The first-order valence-electron chi connectivity index (χ1n) is 8.46. The normalized spacial score (nSPS) is 27.8. The standard InChI is InChI=1S/C16H25N7O4/c1-16(26)11(25)9(6-24)27-14(16)23-8-19-10-12(17-7-18-13(10)23)20-15(21(2)3)22(4)5/h7-9,11,14,24-26H,6H2,1-5H3/t9?,11-,14?,16?/m1/s1. The van der Waals surface area contributed by atoms with Gasteiger partial charge in [-0.3, -0.25) is 4.57 Å². The van der Waals surface area contributed by atoms with Gasteiger partial charge in [-0.1, -0.05) is 0 Å². The molecule has 1 aliphatic heterocycles. The van der Waals surface area contributed by atoms with Crippen LogP contribution in [0.1, 0.15) is 13.2 Å². The first-order valence-corrected chi connectivity index (χ1v) is 8.46. The van der Waals surface area contributed by atoms with Crippen LogP contribution in [0.25, 0.3) is 11.2 Å². The minimum Gasteiger partial charge on any atom is -0.394 e. The third-order valence-electron chi connectivity index (χ3n) is 4.53. The molecule has 3 unspecified atom stereocenters. The van der Waals surface area contributed by atoms with Crippen LogP contribution in [0.5, 0.6) is 0 Å². The molecule has 27 heavy (non-hydrogen) atoms. The summed E-state index contributed by atoms with van der Waals surface area (Å²) in [6, 6.07) is 0. The van der Waals surface area contributed by atoms with E-state index >= 15 is 0 Å². The summed E-state index contributed by atoms with van der Waals surface area (Å²) in [5.74, 6) is 1.04. The molecule has 11 nitrogen and oxygen atoms in total. The van der Waals surface area contributed by atoms with E-state index in [1.54, 1.807) is 0 Å². The number of aliphatic imine (C=N–C) groups is 1. The second-order valence-electron chi connectivity index (χ2n) is 7.10. The minimum atomic E-state index is -1.63. The number of guanidine groups is 1. The van der Waals surface area contributed by atoms with Crippen LogP contribution in [0.3, 0.4) is 0 Å². The zero-order valence-electron chi connectivity index (χ0n) is 16.0. The van der Waals surface area contributed by atoms with Crippen LogP contribution in [0.15, 0.2) is 17.6 Å². The number of ether oxygens (including phenoxy) is 1. The number of aromatic nitrogens is 4. The lowest BCUT2D eigenvalue weighted by Gasteiger charge is -2.27. The molecule has 2 aromatic heterocycles. The number of fused-ring (bicyclic) bond motifs is 1. The number of nitrogens with zero attached hydrogens (tertiary/aromatic N) is 7. The molecule has 1 saturated heterocycles. The van der Waals surface area contributed by atoms with Crippen molar-refractivity contribution in [3.05, 3.63) is 12.7 Å². The molecule has 148 valence electrons. The zero-order chi connectivity index (χ0) is 19.9. The Kier molecular flexibility index (Phi) is 5.04. The van der Waals surface area contributed by atoms with E-state index in [4.69, 9.17) is 4.74 Å². The number of hydrogen-bond donors (Lipinski definition) is 3. The minimum absolute atomic E-state index is 0.369. The Balaban J connectivity index is 2.08. The molecule has 0 radical (unpaired) electrons. The molecule has 2 aromatic rings. The number of hydrogen-bond acceptors (Lipinski definition) is 8. The van der Waals surface area contributed by atoms with Crippen LogP contribution in [0.4, 0.5) is 5.82 Å². The summed E-state index contributed by atoms with van der Waals surface area (Å²) in [7, 11) is 7.48. The molecule has 11 heteroatoms. The van der Waals surface area contributed by atoms with Crippen LogP contribution in [0, 0.1) is 0 Å². The number of aliphatic hydroxyl groups is 3. The summed E-state index contributed by atoms with van der Waals surface area (Å²) in [6.07, 6.45) is -0.321. The molecule has 0 aromatic carbocycles. The van der Waals surface area contributed by atoms with E-state index in [0.29, 0.717) is 22.9 Å². The largest absolute Gasteiger partial charge is 0.394 e. The number of rotatable bonds is 3. The molecule has 3 N–H and O–H groups in total. The van der Waals surface area contributed by atoms with Crippen LogP contribution < -0.4 is 0 Å². The van der Waals surface area contributed by atoms with Crippen molar-refractivity contribution in [3.63, 3.8) is 0 Å². The molecule has 0 bridgehead atoms. The van der Waals surface area contributed by atoms with E-state index in [1.165, 1.54) is 24.1 Å².